The molecule has 0 aromatic heterocycles. The first-order chi connectivity index (χ1) is 9.50. The maximum atomic E-state index is 13.5. The summed E-state index contributed by atoms with van der Waals surface area (Å²) < 4.78 is 13.5. The molecule has 0 spiro atoms. The van der Waals surface area contributed by atoms with Crippen LogP contribution >= 0.6 is 0 Å². The zero-order chi connectivity index (χ0) is 14.3. The predicted octanol–water partition coefficient (Wildman–Crippen LogP) is 4.03. The second-order valence-corrected chi connectivity index (χ2v) is 6.71. The molecule has 0 N–H and O–H groups in total. The summed E-state index contributed by atoms with van der Waals surface area (Å²) in [6, 6.07) is 4.75. The van der Waals surface area contributed by atoms with Gasteiger partial charge in [0.25, 0.3) is 0 Å². The Morgan fingerprint density at radius 3 is 2.65 bits per heavy atom. The highest BCUT2D eigenvalue weighted by Gasteiger charge is 2.44. The third-order valence-corrected chi connectivity index (χ3v) is 4.87. The monoisotopic (exact) mass is 275 g/mol. The number of carbonyl (C=O) groups is 1. The van der Waals surface area contributed by atoms with Crippen LogP contribution in [0.2, 0.25) is 0 Å². The van der Waals surface area contributed by atoms with Crippen molar-refractivity contribution in [1.29, 1.82) is 0 Å². The Balaban J connectivity index is 1.90. The molecule has 20 heavy (non-hydrogen) atoms. The molecular formula is C17H22FNO. The van der Waals surface area contributed by atoms with Crippen LogP contribution in [0.3, 0.4) is 0 Å². The summed E-state index contributed by atoms with van der Waals surface area (Å²) in [5.74, 6) is 0.451. The molecule has 1 heterocycles. The molecule has 2 nitrogen and oxygen atoms in total. The Morgan fingerprint density at radius 1 is 1.25 bits per heavy atom. The van der Waals surface area contributed by atoms with Crippen molar-refractivity contribution >= 4 is 11.6 Å². The summed E-state index contributed by atoms with van der Waals surface area (Å²) >= 11 is 0. The summed E-state index contributed by atoms with van der Waals surface area (Å²) in [6.07, 6.45) is 6.28. The Hall–Kier alpha value is -1.38. The SMILES string of the molecule is CC1(C)C(=O)N(CC2CCCCC2)c2ccc(F)cc21. The summed E-state index contributed by atoms with van der Waals surface area (Å²) in [5.41, 5.74) is 1.14. The van der Waals surface area contributed by atoms with E-state index in [0.717, 1.165) is 17.8 Å². The molecule has 0 radical (unpaired) electrons. The van der Waals surface area contributed by atoms with Gasteiger partial charge in [0.1, 0.15) is 5.82 Å². The minimum atomic E-state index is -0.605. The molecule has 0 bridgehead atoms. The van der Waals surface area contributed by atoms with E-state index in [1.165, 1.54) is 44.2 Å². The minimum absolute atomic E-state index is 0.115. The van der Waals surface area contributed by atoms with Crippen molar-refractivity contribution in [3.8, 4) is 0 Å². The van der Waals surface area contributed by atoms with E-state index in [4.69, 9.17) is 0 Å². The maximum Gasteiger partial charge on any atom is 0.237 e. The lowest BCUT2D eigenvalue weighted by Crippen LogP contribution is -2.39. The van der Waals surface area contributed by atoms with Gasteiger partial charge >= 0.3 is 0 Å². The van der Waals surface area contributed by atoms with Gasteiger partial charge in [-0.25, -0.2) is 4.39 Å². The van der Waals surface area contributed by atoms with Crippen LogP contribution < -0.4 is 4.90 Å². The lowest BCUT2D eigenvalue weighted by atomic mass is 9.86. The summed E-state index contributed by atoms with van der Waals surface area (Å²) in [6.45, 7) is 4.59. The van der Waals surface area contributed by atoms with Gasteiger partial charge < -0.3 is 4.90 Å². The zero-order valence-electron chi connectivity index (χ0n) is 12.3. The number of anilines is 1. The number of fused-ring (bicyclic) bond motifs is 1. The van der Waals surface area contributed by atoms with Gasteiger partial charge in [0.2, 0.25) is 5.91 Å². The number of carbonyl (C=O) groups excluding carboxylic acids is 1. The van der Waals surface area contributed by atoms with Crippen molar-refractivity contribution in [2.45, 2.75) is 51.4 Å². The average Bonchev–Trinajstić information content (AvgIpc) is 2.62. The van der Waals surface area contributed by atoms with Crippen LogP contribution in [-0.4, -0.2) is 12.5 Å². The van der Waals surface area contributed by atoms with E-state index in [-0.39, 0.29) is 11.7 Å². The van der Waals surface area contributed by atoms with Crippen molar-refractivity contribution in [3.63, 3.8) is 0 Å². The molecule has 3 heteroatoms. The fraction of sp³-hybridized carbons (Fsp3) is 0.588. The lowest BCUT2D eigenvalue weighted by molar-refractivity contribution is -0.122. The zero-order valence-corrected chi connectivity index (χ0v) is 12.3. The molecule has 1 aromatic carbocycles. The minimum Gasteiger partial charge on any atom is -0.311 e. The van der Waals surface area contributed by atoms with Crippen molar-refractivity contribution in [2.24, 2.45) is 5.92 Å². The highest BCUT2D eigenvalue weighted by atomic mass is 19.1. The molecule has 0 saturated heterocycles. The normalized spacial score (nSPS) is 22.1. The van der Waals surface area contributed by atoms with Gasteiger partial charge in [-0.2, -0.15) is 0 Å². The van der Waals surface area contributed by atoms with Crippen LogP contribution in [0.5, 0.6) is 0 Å². The molecule has 1 aliphatic heterocycles. The van der Waals surface area contributed by atoms with Crippen LogP contribution in [-0.2, 0) is 10.2 Å². The topological polar surface area (TPSA) is 20.3 Å². The molecule has 1 aromatic rings. The number of halogens is 1. The standard InChI is InChI=1S/C17H22FNO/c1-17(2)14-10-13(18)8-9-15(14)19(16(17)20)11-12-6-4-3-5-7-12/h8-10,12H,3-7,11H2,1-2H3. The van der Waals surface area contributed by atoms with Crippen molar-refractivity contribution in [3.05, 3.63) is 29.6 Å². The van der Waals surface area contributed by atoms with Gasteiger partial charge in [-0.1, -0.05) is 19.3 Å². The summed E-state index contributed by atoms with van der Waals surface area (Å²) in [5, 5.41) is 0. The molecule has 0 atom stereocenters. The van der Waals surface area contributed by atoms with Gasteiger partial charge in [-0.3, -0.25) is 4.79 Å². The predicted molar refractivity (Wildman–Crippen MR) is 78.4 cm³/mol. The average molecular weight is 275 g/mol. The van der Waals surface area contributed by atoms with Crippen LogP contribution in [0.4, 0.5) is 10.1 Å². The van der Waals surface area contributed by atoms with E-state index in [1.54, 1.807) is 6.07 Å². The second-order valence-electron chi connectivity index (χ2n) is 6.71. The Morgan fingerprint density at radius 2 is 1.95 bits per heavy atom. The van der Waals surface area contributed by atoms with Crippen LogP contribution in [0.25, 0.3) is 0 Å². The maximum absolute atomic E-state index is 13.5. The number of nitrogens with zero attached hydrogens (tertiary/aromatic N) is 1. The van der Waals surface area contributed by atoms with E-state index in [1.807, 2.05) is 18.7 Å². The van der Waals surface area contributed by atoms with E-state index in [9.17, 15) is 9.18 Å². The molecule has 1 amide bonds. The molecule has 1 aliphatic carbocycles. The molecular weight excluding hydrogens is 253 g/mol. The number of hydrogen-bond donors (Lipinski definition) is 0. The van der Waals surface area contributed by atoms with Gasteiger partial charge in [0.05, 0.1) is 5.41 Å². The first kappa shape index (κ1) is 13.6. The van der Waals surface area contributed by atoms with Gasteiger partial charge in [0, 0.05) is 12.2 Å². The fourth-order valence-electron chi connectivity index (χ4n) is 3.62. The molecule has 108 valence electrons. The number of benzene rings is 1. The number of amides is 1. The Labute approximate surface area is 120 Å². The van der Waals surface area contributed by atoms with E-state index >= 15 is 0 Å². The van der Waals surface area contributed by atoms with Crippen LogP contribution in [0.15, 0.2) is 18.2 Å². The quantitative estimate of drug-likeness (QED) is 0.798. The molecule has 1 saturated carbocycles. The summed E-state index contributed by atoms with van der Waals surface area (Å²) in [4.78, 5) is 14.6. The third-order valence-electron chi connectivity index (χ3n) is 4.87. The smallest absolute Gasteiger partial charge is 0.237 e. The Bertz CT molecular complexity index is 532. The molecule has 2 aliphatic rings. The first-order valence-corrected chi connectivity index (χ1v) is 7.62. The van der Waals surface area contributed by atoms with Crippen molar-refractivity contribution < 1.29 is 9.18 Å². The fourth-order valence-corrected chi connectivity index (χ4v) is 3.62. The van der Waals surface area contributed by atoms with E-state index in [2.05, 4.69) is 0 Å². The second kappa shape index (κ2) is 4.87. The Kier molecular flexibility index (Phi) is 3.31. The number of hydrogen-bond acceptors (Lipinski definition) is 1. The highest BCUT2D eigenvalue weighted by molar-refractivity contribution is 6.07. The van der Waals surface area contributed by atoms with Crippen LogP contribution in [0.1, 0.15) is 51.5 Å². The van der Waals surface area contributed by atoms with Gasteiger partial charge in [0.15, 0.2) is 0 Å². The van der Waals surface area contributed by atoms with Crippen molar-refractivity contribution in [1.82, 2.24) is 0 Å². The van der Waals surface area contributed by atoms with Crippen molar-refractivity contribution in [2.75, 3.05) is 11.4 Å². The summed E-state index contributed by atoms with van der Waals surface area (Å²) in [7, 11) is 0. The third kappa shape index (κ3) is 2.13. The van der Waals surface area contributed by atoms with Gasteiger partial charge in [-0.05, 0) is 56.4 Å². The lowest BCUT2D eigenvalue weighted by Gasteiger charge is -2.28. The van der Waals surface area contributed by atoms with Crippen LogP contribution in [0, 0.1) is 11.7 Å². The number of rotatable bonds is 2. The first-order valence-electron chi connectivity index (χ1n) is 7.62. The van der Waals surface area contributed by atoms with E-state index < -0.39 is 5.41 Å². The van der Waals surface area contributed by atoms with Gasteiger partial charge in [-0.15, -0.1) is 0 Å². The largest absolute Gasteiger partial charge is 0.311 e. The highest BCUT2D eigenvalue weighted by Crippen LogP contribution is 2.42. The molecule has 3 rings (SSSR count). The van der Waals surface area contributed by atoms with E-state index in [0.29, 0.717) is 5.92 Å². The molecule has 1 fully saturated rings. The molecule has 0 unspecified atom stereocenters.